The topological polar surface area (TPSA) is 46.2 Å². The first-order valence-electron chi connectivity index (χ1n) is 5.73. The summed E-state index contributed by atoms with van der Waals surface area (Å²) in [5.74, 6) is 0.285. The average Bonchev–Trinajstić information content (AvgIpc) is 2.30. The lowest BCUT2D eigenvalue weighted by molar-refractivity contribution is 0.475. The minimum absolute atomic E-state index is 0.0343. The highest BCUT2D eigenvalue weighted by Gasteiger charge is 2.06. The number of benzene rings is 2. The van der Waals surface area contributed by atoms with Crippen LogP contribution in [0.25, 0.3) is 11.1 Å². The normalized spacial score (nSPS) is 12.4. The molecule has 0 saturated heterocycles. The summed E-state index contributed by atoms with van der Waals surface area (Å²) in [5.41, 5.74) is 10.5. The first-order chi connectivity index (χ1) is 8.08. The standard InChI is InChI=1S/C15H17NO/c1-10-3-4-13(9-15(10)11(2)16)12-5-7-14(17)8-6-12/h3-9,11,17H,16H2,1-2H3. The van der Waals surface area contributed by atoms with Crippen molar-refractivity contribution < 1.29 is 5.11 Å². The Morgan fingerprint density at radius 1 is 1.00 bits per heavy atom. The van der Waals surface area contributed by atoms with Gasteiger partial charge in [-0.1, -0.05) is 24.3 Å². The maximum atomic E-state index is 9.27. The molecule has 0 amide bonds. The van der Waals surface area contributed by atoms with Crippen LogP contribution in [-0.4, -0.2) is 5.11 Å². The third kappa shape index (κ3) is 2.48. The molecule has 3 N–H and O–H groups in total. The Labute approximate surface area is 102 Å². The van der Waals surface area contributed by atoms with Gasteiger partial charge in [-0.15, -0.1) is 0 Å². The monoisotopic (exact) mass is 227 g/mol. The summed E-state index contributed by atoms with van der Waals surface area (Å²) in [4.78, 5) is 0. The Balaban J connectivity index is 2.46. The third-order valence-corrected chi connectivity index (χ3v) is 2.97. The van der Waals surface area contributed by atoms with Crippen molar-refractivity contribution in [1.82, 2.24) is 0 Å². The molecule has 88 valence electrons. The van der Waals surface area contributed by atoms with Gasteiger partial charge in [-0.3, -0.25) is 0 Å². The van der Waals surface area contributed by atoms with Crippen molar-refractivity contribution >= 4 is 0 Å². The molecule has 0 bridgehead atoms. The van der Waals surface area contributed by atoms with Gasteiger partial charge in [-0.2, -0.15) is 0 Å². The van der Waals surface area contributed by atoms with Crippen LogP contribution in [0.3, 0.4) is 0 Å². The van der Waals surface area contributed by atoms with E-state index >= 15 is 0 Å². The molecule has 2 nitrogen and oxygen atoms in total. The molecule has 0 fully saturated rings. The van der Waals surface area contributed by atoms with E-state index in [2.05, 4.69) is 25.1 Å². The summed E-state index contributed by atoms with van der Waals surface area (Å²) in [6, 6.07) is 13.5. The van der Waals surface area contributed by atoms with Crippen LogP contribution in [0.15, 0.2) is 42.5 Å². The summed E-state index contributed by atoms with van der Waals surface area (Å²) >= 11 is 0. The second-order valence-corrected chi connectivity index (χ2v) is 4.41. The van der Waals surface area contributed by atoms with Crippen molar-refractivity contribution in [2.45, 2.75) is 19.9 Å². The smallest absolute Gasteiger partial charge is 0.115 e. The molecule has 1 unspecified atom stereocenters. The second kappa shape index (κ2) is 4.60. The predicted octanol–water partition coefficient (Wildman–Crippen LogP) is 3.39. The van der Waals surface area contributed by atoms with E-state index in [4.69, 9.17) is 5.73 Å². The highest BCUT2D eigenvalue weighted by atomic mass is 16.3. The number of aromatic hydroxyl groups is 1. The number of hydrogen-bond donors (Lipinski definition) is 2. The van der Waals surface area contributed by atoms with Crippen molar-refractivity contribution in [3.05, 3.63) is 53.6 Å². The maximum Gasteiger partial charge on any atom is 0.115 e. The minimum Gasteiger partial charge on any atom is -0.508 e. The lowest BCUT2D eigenvalue weighted by atomic mass is 9.96. The van der Waals surface area contributed by atoms with Crippen LogP contribution in [0.2, 0.25) is 0 Å². The third-order valence-electron chi connectivity index (χ3n) is 2.97. The van der Waals surface area contributed by atoms with Crippen LogP contribution in [0.5, 0.6) is 5.75 Å². The highest BCUT2D eigenvalue weighted by Crippen LogP contribution is 2.26. The van der Waals surface area contributed by atoms with Gasteiger partial charge in [0.1, 0.15) is 5.75 Å². The molecule has 17 heavy (non-hydrogen) atoms. The van der Waals surface area contributed by atoms with Crippen molar-refractivity contribution in [1.29, 1.82) is 0 Å². The zero-order valence-corrected chi connectivity index (χ0v) is 10.1. The van der Waals surface area contributed by atoms with Crippen LogP contribution in [-0.2, 0) is 0 Å². The van der Waals surface area contributed by atoms with Crippen LogP contribution in [0.1, 0.15) is 24.1 Å². The van der Waals surface area contributed by atoms with Crippen molar-refractivity contribution in [2.75, 3.05) is 0 Å². The zero-order chi connectivity index (χ0) is 12.4. The first-order valence-corrected chi connectivity index (χ1v) is 5.73. The Morgan fingerprint density at radius 2 is 1.59 bits per heavy atom. The molecule has 0 saturated carbocycles. The van der Waals surface area contributed by atoms with Gasteiger partial charge in [0.05, 0.1) is 0 Å². The molecule has 1 atom stereocenters. The Kier molecular flexibility index (Phi) is 3.16. The summed E-state index contributed by atoms with van der Waals surface area (Å²) in [5, 5.41) is 9.27. The second-order valence-electron chi connectivity index (χ2n) is 4.41. The molecule has 2 aromatic carbocycles. The SMILES string of the molecule is Cc1ccc(-c2ccc(O)cc2)cc1C(C)N. The molecule has 2 aromatic rings. The molecular weight excluding hydrogens is 210 g/mol. The molecule has 0 aliphatic heterocycles. The van der Waals surface area contributed by atoms with E-state index in [0.29, 0.717) is 0 Å². The lowest BCUT2D eigenvalue weighted by Gasteiger charge is -2.12. The number of rotatable bonds is 2. The molecule has 0 aromatic heterocycles. The molecule has 0 spiro atoms. The molecule has 2 heteroatoms. The number of phenolic OH excluding ortho intramolecular Hbond substituents is 1. The molecule has 2 rings (SSSR count). The van der Waals surface area contributed by atoms with E-state index in [1.54, 1.807) is 12.1 Å². The van der Waals surface area contributed by atoms with Gasteiger partial charge in [-0.05, 0) is 54.3 Å². The van der Waals surface area contributed by atoms with E-state index in [-0.39, 0.29) is 11.8 Å². The van der Waals surface area contributed by atoms with Crippen LogP contribution in [0.4, 0.5) is 0 Å². The van der Waals surface area contributed by atoms with Crippen molar-refractivity contribution in [3.8, 4) is 16.9 Å². The van der Waals surface area contributed by atoms with Crippen molar-refractivity contribution in [3.63, 3.8) is 0 Å². The Morgan fingerprint density at radius 3 is 2.18 bits per heavy atom. The van der Waals surface area contributed by atoms with E-state index in [9.17, 15) is 5.11 Å². The number of phenols is 1. The average molecular weight is 227 g/mol. The predicted molar refractivity (Wildman–Crippen MR) is 70.9 cm³/mol. The van der Waals surface area contributed by atoms with Crippen molar-refractivity contribution in [2.24, 2.45) is 5.73 Å². The first kappa shape index (κ1) is 11.7. The fraction of sp³-hybridized carbons (Fsp3) is 0.200. The maximum absolute atomic E-state index is 9.27. The van der Waals surface area contributed by atoms with Gasteiger partial charge in [0, 0.05) is 6.04 Å². The Hall–Kier alpha value is -1.80. The van der Waals surface area contributed by atoms with Gasteiger partial charge >= 0.3 is 0 Å². The van der Waals surface area contributed by atoms with Crippen LogP contribution in [0, 0.1) is 6.92 Å². The summed E-state index contributed by atoms with van der Waals surface area (Å²) in [6.07, 6.45) is 0. The zero-order valence-electron chi connectivity index (χ0n) is 10.1. The molecule has 0 aliphatic rings. The minimum atomic E-state index is 0.0343. The highest BCUT2D eigenvalue weighted by molar-refractivity contribution is 5.65. The van der Waals surface area contributed by atoms with Gasteiger partial charge in [-0.25, -0.2) is 0 Å². The van der Waals surface area contributed by atoms with Gasteiger partial charge < -0.3 is 10.8 Å². The fourth-order valence-corrected chi connectivity index (χ4v) is 1.96. The van der Waals surface area contributed by atoms with Gasteiger partial charge in [0.15, 0.2) is 0 Å². The molecule has 0 aliphatic carbocycles. The number of nitrogens with two attached hydrogens (primary N) is 1. The van der Waals surface area contributed by atoms with E-state index in [1.807, 2.05) is 19.1 Å². The quantitative estimate of drug-likeness (QED) is 0.826. The summed E-state index contributed by atoms with van der Waals surface area (Å²) in [7, 11) is 0. The van der Waals surface area contributed by atoms with Crippen LogP contribution < -0.4 is 5.73 Å². The van der Waals surface area contributed by atoms with Gasteiger partial charge in [0.25, 0.3) is 0 Å². The van der Waals surface area contributed by atoms with Crippen LogP contribution >= 0.6 is 0 Å². The van der Waals surface area contributed by atoms with Gasteiger partial charge in [0.2, 0.25) is 0 Å². The number of aryl methyl sites for hydroxylation is 1. The molecule has 0 heterocycles. The van der Waals surface area contributed by atoms with E-state index in [0.717, 1.165) is 16.7 Å². The summed E-state index contributed by atoms with van der Waals surface area (Å²) < 4.78 is 0. The lowest BCUT2D eigenvalue weighted by Crippen LogP contribution is -2.06. The summed E-state index contributed by atoms with van der Waals surface area (Å²) in [6.45, 7) is 4.06. The molecular formula is C15H17NO. The van der Waals surface area contributed by atoms with E-state index < -0.39 is 0 Å². The number of hydrogen-bond acceptors (Lipinski definition) is 2. The Bertz CT molecular complexity index is 515. The van der Waals surface area contributed by atoms with E-state index in [1.165, 1.54) is 5.56 Å². The largest absolute Gasteiger partial charge is 0.508 e. The fourth-order valence-electron chi connectivity index (χ4n) is 1.96. The molecule has 0 radical (unpaired) electrons.